The van der Waals surface area contributed by atoms with E-state index in [1.807, 2.05) is 0 Å². The molecule has 0 heterocycles. The van der Waals surface area contributed by atoms with Crippen molar-refractivity contribution < 1.29 is 4.79 Å². The van der Waals surface area contributed by atoms with Crippen LogP contribution in [0.15, 0.2) is 33.9 Å². The fraction of sp³-hybridized carbons (Fsp3) is 0.267. The molecule has 0 atom stereocenters. The van der Waals surface area contributed by atoms with E-state index in [4.69, 9.17) is 0 Å². The van der Waals surface area contributed by atoms with E-state index >= 15 is 0 Å². The third-order valence-electron chi connectivity index (χ3n) is 3.24. The number of carbonyl (C=O) groups is 1. The van der Waals surface area contributed by atoms with Crippen LogP contribution in [-0.4, -0.2) is 13.9 Å². The average Bonchev–Trinajstić information content (AvgIpc) is 2.33. The highest BCUT2D eigenvalue weighted by molar-refractivity contribution is 6.90. The molecule has 2 aromatic carbocycles. The van der Waals surface area contributed by atoms with Crippen LogP contribution in [0.1, 0.15) is 17.3 Å². The van der Waals surface area contributed by atoms with Gasteiger partial charge in [0.2, 0.25) is 10.9 Å². The molecule has 4 heteroatoms. The van der Waals surface area contributed by atoms with Crippen LogP contribution in [0.5, 0.6) is 0 Å². The highest BCUT2D eigenvalue weighted by Gasteiger charge is 2.32. The number of benzene rings is 1. The molecule has 3 nitrogen and oxygen atoms in total. The van der Waals surface area contributed by atoms with E-state index in [-0.39, 0.29) is 11.2 Å². The fourth-order valence-electron chi connectivity index (χ4n) is 2.25. The van der Waals surface area contributed by atoms with Crippen LogP contribution in [0.2, 0.25) is 19.6 Å². The first-order valence-corrected chi connectivity index (χ1v) is 9.68. The smallest absolute Gasteiger partial charge is 0.233 e. The maximum atomic E-state index is 11.8. The van der Waals surface area contributed by atoms with Gasteiger partial charge in [0, 0.05) is 16.3 Å². The Bertz CT molecular complexity index is 711. The molecule has 0 aromatic heterocycles. The van der Waals surface area contributed by atoms with Crippen LogP contribution < -0.4 is 16.0 Å². The zero-order valence-corrected chi connectivity index (χ0v) is 12.5. The van der Waals surface area contributed by atoms with Gasteiger partial charge in [-0.3, -0.25) is 14.4 Å². The van der Waals surface area contributed by atoms with E-state index in [9.17, 15) is 14.4 Å². The van der Waals surface area contributed by atoms with Crippen molar-refractivity contribution in [3.63, 3.8) is 0 Å². The van der Waals surface area contributed by atoms with Crippen molar-refractivity contribution in [3.05, 3.63) is 50.3 Å². The summed E-state index contributed by atoms with van der Waals surface area (Å²) >= 11 is 0. The third-order valence-corrected chi connectivity index (χ3v) is 5.22. The SMILES string of the molecule is CC(=O)c1ccc(-c2c([Si](C)(C)C)c(=O)c2=O)cc1. The highest BCUT2D eigenvalue weighted by Crippen LogP contribution is 2.18. The predicted molar refractivity (Wildman–Crippen MR) is 79.8 cm³/mol. The summed E-state index contributed by atoms with van der Waals surface area (Å²) in [6, 6.07) is 6.89. The summed E-state index contributed by atoms with van der Waals surface area (Å²) in [6.07, 6.45) is 0. The van der Waals surface area contributed by atoms with Gasteiger partial charge in [-0.15, -0.1) is 0 Å². The Morgan fingerprint density at radius 2 is 1.47 bits per heavy atom. The van der Waals surface area contributed by atoms with E-state index in [0.29, 0.717) is 16.3 Å². The summed E-state index contributed by atoms with van der Waals surface area (Å²) in [5, 5.41) is 0.716. The molecule has 0 fully saturated rings. The van der Waals surface area contributed by atoms with Crippen molar-refractivity contribution in [1.29, 1.82) is 0 Å². The maximum absolute atomic E-state index is 11.8. The summed E-state index contributed by atoms with van der Waals surface area (Å²) in [7, 11) is -1.82. The quantitative estimate of drug-likeness (QED) is 0.485. The Labute approximate surface area is 112 Å². The Hall–Kier alpha value is -1.81. The molecule has 0 N–H and O–H groups in total. The Morgan fingerprint density at radius 1 is 0.947 bits per heavy atom. The zero-order valence-electron chi connectivity index (χ0n) is 11.5. The monoisotopic (exact) mass is 272 g/mol. The number of rotatable bonds is 3. The molecule has 0 bridgehead atoms. The molecule has 0 aliphatic heterocycles. The summed E-state index contributed by atoms with van der Waals surface area (Å²) in [5.41, 5.74) is 1.18. The predicted octanol–water partition coefficient (Wildman–Crippen LogP) is 1.70. The molecule has 0 amide bonds. The molecule has 0 aliphatic carbocycles. The van der Waals surface area contributed by atoms with Crippen LogP contribution >= 0.6 is 0 Å². The van der Waals surface area contributed by atoms with Crippen molar-refractivity contribution in [2.45, 2.75) is 26.6 Å². The lowest BCUT2D eigenvalue weighted by molar-refractivity contribution is 0.101. The fourth-order valence-corrected chi connectivity index (χ4v) is 4.06. The van der Waals surface area contributed by atoms with E-state index in [2.05, 4.69) is 19.6 Å². The molecule has 19 heavy (non-hydrogen) atoms. The molecule has 0 saturated carbocycles. The number of hydrogen-bond donors (Lipinski definition) is 0. The van der Waals surface area contributed by atoms with E-state index in [1.54, 1.807) is 24.3 Å². The van der Waals surface area contributed by atoms with Crippen molar-refractivity contribution in [2.24, 2.45) is 0 Å². The molecule has 2 aromatic rings. The minimum Gasteiger partial charge on any atom is -0.295 e. The molecular weight excluding hydrogens is 256 g/mol. The number of hydrogen-bond acceptors (Lipinski definition) is 3. The maximum Gasteiger partial charge on any atom is 0.233 e. The number of carbonyl (C=O) groups excluding carboxylic acids is 1. The summed E-state index contributed by atoms with van der Waals surface area (Å²) < 4.78 is 0. The summed E-state index contributed by atoms with van der Waals surface area (Å²) in [5.74, 6) is -0.0121. The van der Waals surface area contributed by atoms with Crippen LogP contribution in [0.25, 0.3) is 11.1 Å². The van der Waals surface area contributed by atoms with Crippen molar-refractivity contribution in [2.75, 3.05) is 0 Å². The zero-order chi connectivity index (χ0) is 14.4. The Morgan fingerprint density at radius 3 is 1.89 bits per heavy atom. The van der Waals surface area contributed by atoms with Crippen molar-refractivity contribution in [1.82, 2.24) is 0 Å². The van der Waals surface area contributed by atoms with Gasteiger partial charge in [-0.1, -0.05) is 43.9 Å². The van der Waals surface area contributed by atoms with E-state index in [1.165, 1.54) is 6.92 Å². The normalized spacial score (nSPS) is 11.8. The molecule has 0 saturated heterocycles. The van der Waals surface area contributed by atoms with Gasteiger partial charge in [-0.2, -0.15) is 0 Å². The van der Waals surface area contributed by atoms with Crippen molar-refractivity contribution >= 4 is 19.0 Å². The second kappa shape index (κ2) is 4.38. The van der Waals surface area contributed by atoms with Gasteiger partial charge < -0.3 is 0 Å². The molecule has 0 unspecified atom stereocenters. The van der Waals surface area contributed by atoms with Gasteiger partial charge in [0.05, 0.1) is 8.07 Å². The first-order chi connectivity index (χ1) is 8.73. The molecular formula is C15H16O3Si. The summed E-state index contributed by atoms with van der Waals surface area (Å²) in [4.78, 5) is 34.7. The van der Waals surface area contributed by atoms with Crippen molar-refractivity contribution in [3.8, 4) is 11.1 Å². The van der Waals surface area contributed by atoms with Gasteiger partial charge in [0.25, 0.3) is 0 Å². The highest BCUT2D eigenvalue weighted by atomic mass is 28.3. The molecule has 0 spiro atoms. The van der Waals surface area contributed by atoms with Gasteiger partial charge in [0.1, 0.15) is 0 Å². The van der Waals surface area contributed by atoms with Gasteiger partial charge >= 0.3 is 0 Å². The van der Waals surface area contributed by atoms with Gasteiger partial charge in [0.15, 0.2) is 5.78 Å². The van der Waals surface area contributed by atoms with Crippen LogP contribution in [0.4, 0.5) is 0 Å². The standard InChI is InChI=1S/C15H16O3Si/c1-9(16)10-5-7-11(8-6-10)12-13(17)14(18)15(12)19(2,3)4/h5-8H,1-4H3. The van der Waals surface area contributed by atoms with Crippen LogP contribution in [0, 0.1) is 0 Å². The van der Waals surface area contributed by atoms with E-state index in [0.717, 1.165) is 5.56 Å². The lowest BCUT2D eigenvalue weighted by Gasteiger charge is -2.21. The molecule has 98 valence electrons. The first-order valence-electron chi connectivity index (χ1n) is 6.18. The topological polar surface area (TPSA) is 51.2 Å². The lowest BCUT2D eigenvalue weighted by Crippen LogP contribution is -2.60. The Balaban J connectivity index is 2.55. The second-order valence-corrected chi connectivity index (χ2v) is 10.8. The Kier molecular flexibility index (Phi) is 3.14. The molecule has 2 rings (SSSR count). The van der Waals surface area contributed by atoms with E-state index < -0.39 is 13.5 Å². The first kappa shape index (κ1) is 13.6. The van der Waals surface area contributed by atoms with Crippen LogP contribution in [0.3, 0.4) is 0 Å². The van der Waals surface area contributed by atoms with Crippen LogP contribution in [-0.2, 0) is 0 Å². The third kappa shape index (κ3) is 2.23. The summed E-state index contributed by atoms with van der Waals surface area (Å²) in [6.45, 7) is 7.66. The number of ketones is 1. The largest absolute Gasteiger partial charge is 0.295 e. The minimum atomic E-state index is -1.82. The molecule has 0 aliphatic rings. The van der Waals surface area contributed by atoms with Gasteiger partial charge in [-0.25, -0.2) is 0 Å². The second-order valence-electron chi connectivity index (χ2n) is 5.79. The number of Topliss-reactive ketones (excluding diaryl/α,β-unsaturated/α-hetero) is 1. The van der Waals surface area contributed by atoms with Gasteiger partial charge in [-0.05, 0) is 12.5 Å². The lowest BCUT2D eigenvalue weighted by atomic mass is 9.99. The minimum absolute atomic E-state index is 0.0121. The molecule has 0 radical (unpaired) electrons. The average molecular weight is 272 g/mol.